The lowest BCUT2D eigenvalue weighted by atomic mass is 10.1. The largest absolute Gasteiger partial charge is 0.497 e. The molecule has 0 aliphatic carbocycles. The summed E-state index contributed by atoms with van der Waals surface area (Å²) in [4.78, 5) is 12.9. The van der Waals surface area contributed by atoms with Crippen LogP contribution in [-0.4, -0.2) is 25.3 Å². The standard InChI is InChI=1S/C18H21NO2S/c1-21-16-9-5-7-15(13-16)8-6-12-19-18(20)14-22-17-10-3-2-4-11-17/h2-5,7,9-11,13H,6,8,12,14H2,1H3,(H,19,20). The van der Waals surface area contributed by atoms with E-state index in [0.717, 1.165) is 23.5 Å². The highest BCUT2D eigenvalue weighted by Gasteiger charge is 2.02. The molecule has 4 heteroatoms. The Hall–Kier alpha value is -1.94. The lowest BCUT2D eigenvalue weighted by Gasteiger charge is -2.06. The van der Waals surface area contributed by atoms with Crippen molar-refractivity contribution in [1.82, 2.24) is 5.32 Å². The molecule has 22 heavy (non-hydrogen) atoms. The minimum absolute atomic E-state index is 0.0829. The van der Waals surface area contributed by atoms with Crippen molar-refractivity contribution in [3.05, 3.63) is 60.2 Å². The summed E-state index contributed by atoms with van der Waals surface area (Å²) < 4.78 is 5.20. The van der Waals surface area contributed by atoms with E-state index in [9.17, 15) is 4.79 Å². The zero-order chi connectivity index (χ0) is 15.6. The summed E-state index contributed by atoms with van der Waals surface area (Å²) in [5, 5.41) is 2.96. The molecule has 0 saturated heterocycles. The van der Waals surface area contributed by atoms with Crippen LogP contribution < -0.4 is 10.1 Å². The quantitative estimate of drug-likeness (QED) is 0.598. The summed E-state index contributed by atoms with van der Waals surface area (Å²) in [5.74, 6) is 1.42. The van der Waals surface area contributed by atoms with E-state index < -0.39 is 0 Å². The van der Waals surface area contributed by atoms with Gasteiger partial charge < -0.3 is 10.1 Å². The third kappa shape index (κ3) is 5.82. The molecule has 3 nitrogen and oxygen atoms in total. The zero-order valence-corrected chi connectivity index (χ0v) is 13.6. The molecule has 2 rings (SSSR count). The maximum absolute atomic E-state index is 11.8. The summed E-state index contributed by atoms with van der Waals surface area (Å²) in [7, 11) is 1.67. The monoisotopic (exact) mass is 315 g/mol. The predicted molar refractivity (Wildman–Crippen MR) is 91.5 cm³/mol. The SMILES string of the molecule is COc1cccc(CCCNC(=O)CSc2ccccc2)c1. The molecule has 0 aliphatic heterocycles. The first kappa shape index (κ1) is 16.4. The zero-order valence-electron chi connectivity index (χ0n) is 12.7. The van der Waals surface area contributed by atoms with Crippen molar-refractivity contribution in [2.75, 3.05) is 19.4 Å². The number of nitrogens with one attached hydrogen (secondary N) is 1. The first-order valence-electron chi connectivity index (χ1n) is 7.35. The van der Waals surface area contributed by atoms with Crippen LogP contribution in [0.5, 0.6) is 5.75 Å². The lowest BCUT2D eigenvalue weighted by Crippen LogP contribution is -2.26. The Morgan fingerprint density at radius 3 is 2.73 bits per heavy atom. The van der Waals surface area contributed by atoms with E-state index in [0.29, 0.717) is 12.3 Å². The van der Waals surface area contributed by atoms with E-state index in [1.54, 1.807) is 18.9 Å². The molecule has 1 amide bonds. The van der Waals surface area contributed by atoms with Gasteiger partial charge in [0.25, 0.3) is 0 Å². The van der Waals surface area contributed by atoms with E-state index in [1.807, 2.05) is 48.5 Å². The molecule has 116 valence electrons. The molecule has 0 spiro atoms. The number of methoxy groups -OCH3 is 1. The summed E-state index contributed by atoms with van der Waals surface area (Å²) in [6.07, 6.45) is 1.86. The second kappa shape index (κ2) is 9.15. The summed E-state index contributed by atoms with van der Waals surface area (Å²) in [6.45, 7) is 0.700. The Bertz CT molecular complexity index is 587. The van der Waals surface area contributed by atoms with Gasteiger partial charge in [0.2, 0.25) is 5.91 Å². The van der Waals surface area contributed by atoms with Gasteiger partial charge in [-0.2, -0.15) is 0 Å². The third-order valence-electron chi connectivity index (χ3n) is 3.21. The van der Waals surface area contributed by atoms with Crippen LogP contribution in [0.1, 0.15) is 12.0 Å². The number of ether oxygens (including phenoxy) is 1. The van der Waals surface area contributed by atoms with E-state index in [2.05, 4.69) is 11.4 Å². The molecular formula is C18H21NO2S. The first-order chi connectivity index (χ1) is 10.8. The Morgan fingerprint density at radius 1 is 1.14 bits per heavy atom. The van der Waals surface area contributed by atoms with Gasteiger partial charge in [0.1, 0.15) is 5.75 Å². The van der Waals surface area contributed by atoms with Crippen molar-refractivity contribution >= 4 is 17.7 Å². The maximum atomic E-state index is 11.8. The van der Waals surface area contributed by atoms with Crippen molar-refractivity contribution in [2.45, 2.75) is 17.7 Å². The molecule has 0 bridgehead atoms. The lowest BCUT2D eigenvalue weighted by molar-refractivity contribution is -0.118. The van der Waals surface area contributed by atoms with Gasteiger partial charge in [-0.05, 0) is 42.7 Å². The minimum atomic E-state index is 0.0829. The molecule has 2 aromatic carbocycles. The summed E-state index contributed by atoms with van der Waals surface area (Å²) in [5.41, 5.74) is 1.23. The second-order valence-electron chi connectivity index (χ2n) is 4.91. The highest BCUT2D eigenvalue weighted by atomic mass is 32.2. The van der Waals surface area contributed by atoms with E-state index in [-0.39, 0.29) is 5.91 Å². The van der Waals surface area contributed by atoms with Crippen LogP contribution in [0, 0.1) is 0 Å². The molecular weight excluding hydrogens is 294 g/mol. The molecule has 1 N–H and O–H groups in total. The fourth-order valence-corrected chi connectivity index (χ4v) is 2.81. The number of hydrogen-bond acceptors (Lipinski definition) is 3. The van der Waals surface area contributed by atoms with Crippen LogP contribution in [0.15, 0.2) is 59.5 Å². The number of aryl methyl sites for hydroxylation is 1. The molecule has 0 radical (unpaired) electrons. The number of hydrogen-bond donors (Lipinski definition) is 1. The van der Waals surface area contributed by atoms with Gasteiger partial charge in [0, 0.05) is 11.4 Å². The molecule has 0 unspecified atom stereocenters. The number of benzene rings is 2. The average molecular weight is 315 g/mol. The smallest absolute Gasteiger partial charge is 0.230 e. The van der Waals surface area contributed by atoms with Gasteiger partial charge in [-0.15, -0.1) is 11.8 Å². The Kier molecular flexibility index (Phi) is 6.84. The van der Waals surface area contributed by atoms with Crippen molar-refractivity contribution in [2.24, 2.45) is 0 Å². The number of carbonyl (C=O) groups excluding carboxylic acids is 1. The van der Waals surface area contributed by atoms with Gasteiger partial charge in [0.15, 0.2) is 0 Å². The fraction of sp³-hybridized carbons (Fsp3) is 0.278. The number of rotatable bonds is 8. The van der Waals surface area contributed by atoms with Crippen LogP contribution in [0.25, 0.3) is 0 Å². The number of carbonyl (C=O) groups is 1. The highest BCUT2D eigenvalue weighted by Crippen LogP contribution is 2.16. The minimum Gasteiger partial charge on any atom is -0.497 e. The molecule has 2 aromatic rings. The van der Waals surface area contributed by atoms with E-state index in [4.69, 9.17) is 4.74 Å². The molecule has 0 saturated carbocycles. The Morgan fingerprint density at radius 2 is 1.95 bits per heavy atom. The summed E-state index contributed by atoms with van der Waals surface area (Å²) >= 11 is 1.56. The predicted octanol–water partition coefficient (Wildman–Crippen LogP) is 3.54. The Balaban J connectivity index is 1.62. The molecule has 0 atom stereocenters. The summed E-state index contributed by atoms with van der Waals surface area (Å²) in [6, 6.07) is 18.0. The van der Waals surface area contributed by atoms with Crippen molar-refractivity contribution in [3.8, 4) is 5.75 Å². The van der Waals surface area contributed by atoms with Gasteiger partial charge in [0.05, 0.1) is 12.9 Å². The van der Waals surface area contributed by atoms with E-state index in [1.165, 1.54) is 5.56 Å². The van der Waals surface area contributed by atoms with Crippen LogP contribution in [0.4, 0.5) is 0 Å². The van der Waals surface area contributed by atoms with Gasteiger partial charge in [-0.3, -0.25) is 4.79 Å². The molecule has 0 aliphatic rings. The average Bonchev–Trinajstić information content (AvgIpc) is 2.58. The molecule has 0 fully saturated rings. The van der Waals surface area contributed by atoms with Crippen molar-refractivity contribution in [1.29, 1.82) is 0 Å². The van der Waals surface area contributed by atoms with Crippen LogP contribution in [0.3, 0.4) is 0 Å². The van der Waals surface area contributed by atoms with Crippen LogP contribution >= 0.6 is 11.8 Å². The molecule has 0 aromatic heterocycles. The van der Waals surface area contributed by atoms with Gasteiger partial charge in [-0.25, -0.2) is 0 Å². The molecule has 0 heterocycles. The fourth-order valence-electron chi connectivity index (χ4n) is 2.06. The van der Waals surface area contributed by atoms with Gasteiger partial charge in [-0.1, -0.05) is 30.3 Å². The van der Waals surface area contributed by atoms with Crippen LogP contribution in [-0.2, 0) is 11.2 Å². The van der Waals surface area contributed by atoms with Crippen molar-refractivity contribution < 1.29 is 9.53 Å². The second-order valence-corrected chi connectivity index (χ2v) is 5.96. The maximum Gasteiger partial charge on any atom is 0.230 e. The van der Waals surface area contributed by atoms with Gasteiger partial charge >= 0.3 is 0 Å². The number of amides is 1. The normalized spacial score (nSPS) is 10.2. The van der Waals surface area contributed by atoms with Crippen molar-refractivity contribution in [3.63, 3.8) is 0 Å². The van der Waals surface area contributed by atoms with E-state index >= 15 is 0 Å². The number of thioether (sulfide) groups is 1. The topological polar surface area (TPSA) is 38.3 Å². The first-order valence-corrected chi connectivity index (χ1v) is 8.34. The van der Waals surface area contributed by atoms with Crippen LogP contribution in [0.2, 0.25) is 0 Å². The highest BCUT2D eigenvalue weighted by molar-refractivity contribution is 8.00. The Labute approximate surface area is 136 Å². The third-order valence-corrected chi connectivity index (χ3v) is 4.22.